The lowest BCUT2D eigenvalue weighted by molar-refractivity contribution is 0.526. The normalized spacial score (nSPS) is 11.6. The van der Waals surface area contributed by atoms with E-state index in [4.69, 9.17) is 0 Å². The summed E-state index contributed by atoms with van der Waals surface area (Å²) in [7, 11) is 0.383. The van der Waals surface area contributed by atoms with Crippen molar-refractivity contribution in [1.82, 2.24) is 0 Å². The quantitative estimate of drug-likeness (QED) is 0.100. The second-order valence-corrected chi connectivity index (χ2v) is 12.2. The van der Waals surface area contributed by atoms with Crippen molar-refractivity contribution in [3.05, 3.63) is 0 Å². The van der Waals surface area contributed by atoms with E-state index in [9.17, 15) is 0 Å². The van der Waals surface area contributed by atoms with Crippen molar-refractivity contribution in [2.45, 2.75) is 162 Å². The molecule has 0 saturated heterocycles. The predicted molar refractivity (Wildman–Crippen MR) is 140 cm³/mol. The molecule has 0 rings (SSSR count). The number of hydrogen-bond acceptors (Lipinski definition) is 0. The zero-order valence-electron chi connectivity index (χ0n) is 21.1. The third-order valence-corrected chi connectivity index (χ3v) is 9.33. The molecule has 0 radical (unpaired) electrons. The Bertz CT molecular complexity index is 267. The van der Waals surface area contributed by atoms with E-state index >= 15 is 0 Å². The van der Waals surface area contributed by atoms with Gasteiger partial charge in [-0.3, -0.25) is 0 Å². The summed E-state index contributed by atoms with van der Waals surface area (Å²) in [4.78, 5) is 0. The van der Waals surface area contributed by atoms with E-state index in [0.717, 1.165) is 0 Å². The Morgan fingerprint density at radius 2 is 0.517 bits per heavy atom. The first kappa shape index (κ1) is 29.4. The van der Waals surface area contributed by atoms with Crippen LogP contribution < -0.4 is 0 Å². The maximum atomic E-state index is 2.35. The molecule has 0 aromatic carbocycles. The van der Waals surface area contributed by atoms with Crippen molar-refractivity contribution in [3.63, 3.8) is 0 Å². The molecule has 0 aliphatic rings. The largest absolute Gasteiger partial charge is 0.107 e. The fraction of sp³-hybridized carbons (Fsp3) is 1.00. The van der Waals surface area contributed by atoms with E-state index in [1.807, 2.05) is 0 Å². The van der Waals surface area contributed by atoms with Crippen molar-refractivity contribution in [1.29, 1.82) is 0 Å². The summed E-state index contributed by atoms with van der Waals surface area (Å²) in [5, 5.41) is 0. The fourth-order valence-corrected chi connectivity index (χ4v) is 7.20. The monoisotopic (exact) mass is 426 g/mol. The van der Waals surface area contributed by atoms with Gasteiger partial charge in [0.25, 0.3) is 0 Å². The number of unbranched alkanes of at least 4 members (excludes halogenated alkanes) is 19. The topological polar surface area (TPSA) is 0 Å². The van der Waals surface area contributed by atoms with Crippen molar-refractivity contribution in [2.24, 2.45) is 0 Å². The van der Waals surface area contributed by atoms with Crippen LogP contribution in [0.15, 0.2) is 0 Å². The van der Waals surface area contributed by atoms with Crippen LogP contribution in [0.5, 0.6) is 0 Å². The summed E-state index contributed by atoms with van der Waals surface area (Å²) in [6.07, 6.45) is 37.2. The van der Waals surface area contributed by atoms with E-state index in [2.05, 4.69) is 20.8 Å². The summed E-state index contributed by atoms with van der Waals surface area (Å²) in [6.45, 7) is 7.01. The lowest BCUT2D eigenvalue weighted by atomic mass is 10.0. The summed E-state index contributed by atoms with van der Waals surface area (Å²) < 4.78 is 0. The highest BCUT2D eigenvalue weighted by atomic mass is 31.1. The molecule has 0 atom stereocenters. The summed E-state index contributed by atoms with van der Waals surface area (Å²) in [6, 6.07) is 0. The van der Waals surface area contributed by atoms with Gasteiger partial charge in [0, 0.05) is 0 Å². The van der Waals surface area contributed by atoms with Gasteiger partial charge in [-0.2, -0.15) is 0 Å². The second kappa shape index (κ2) is 26.5. The van der Waals surface area contributed by atoms with Gasteiger partial charge in [0.2, 0.25) is 0 Å². The molecule has 0 aliphatic carbocycles. The van der Waals surface area contributed by atoms with Crippen molar-refractivity contribution >= 4 is 7.92 Å². The molecule has 0 aromatic heterocycles. The Hall–Kier alpha value is 0.430. The molecule has 0 saturated carbocycles. The molecule has 0 aromatic rings. The van der Waals surface area contributed by atoms with E-state index < -0.39 is 0 Å². The van der Waals surface area contributed by atoms with Crippen LogP contribution in [0.25, 0.3) is 0 Å². The molecule has 0 nitrogen and oxygen atoms in total. The minimum absolute atomic E-state index is 0.383. The standard InChI is InChI=1S/C28H59P/c1-4-7-10-11-12-13-14-15-16-17-18-19-20-21-22-23-24-25-28-29(26-8-5-2)27-9-6-3/h4-28H2,1-3H3. The zero-order chi connectivity index (χ0) is 21.3. The Kier molecular flexibility index (Phi) is 26.9. The van der Waals surface area contributed by atoms with E-state index in [-0.39, 0.29) is 0 Å². The van der Waals surface area contributed by atoms with Gasteiger partial charge >= 0.3 is 0 Å². The van der Waals surface area contributed by atoms with Crippen molar-refractivity contribution < 1.29 is 0 Å². The van der Waals surface area contributed by atoms with Crippen LogP contribution in [0.3, 0.4) is 0 Å². The maximum Gasteiger partial charge on any atom is -0.0326 e. The smallest absolute Gasteiger partial charge is 0.0326 e. The predicted octanol–water partition coefficient (Wildman–Crippen LogP) is 11.1. The first-order chi connectivity index (χ1) is 14.3. The summed E-state index contributed by atoms with van der Waals surface area (Å²) in [5.41, 5.74) is 0. The lowest BCUT2D eigenvalue weighted by Crippen LogP contribution is -1.96. The molecule has 0 bridgehead atoms. The van der Waals surface area contributed by atoms with Crippen molar-refractivity contribution in [3.8, 4) is 0 Å². The average molecular weight is 427 g/mol. The van der Waals surface area contributed by atoms with Gasteiger partial charge < -0.3 is 0 Å². The van der Waals surface area contributed by atoms with E-state index in [1.165, 1.54) is 141 Å². The first-order valence-corrected chi connectivity index (χ1v) is 16.0. The summed E-state index contributed by atoms with van der Waals surface area (Å²) in [5.74, 6) is 0. The highest BCUT2D eigenvalue weighted by Gasteiger charge is 2.06. The Morgan fingerprint density at radius 1 is 0.276 bits per heavy atom. The lowest BCUT2D eigenvalue weighted by Gasteiger charge is -2.17. The SMILES string of the molecule is CCCCCCCCCCCCCCCCCCCCP(CCCC)CCCC. The molecule has 176 valence electrons. The highest BCUT2D eigenvalue weighted by molar-refractivity contribution is 7.57. The van der Waals surface area contributed by atoms with Crippen LogP contribution in [0, 0.1) is 0 Å². The van der Waals surface area contributed by atoms with Gasteiger partial charge in [-0.05, 0) is 37.7 Å². The first-order valence-electron chi connectivity index (χ1n) is 14.1. The minimum atomic E-state index is 0.383. The minimum Gasteiger partial charge on any atom is -0.107 e. The van der Waals surface area contributed by atoms with Gasteiger partial charge in [0.15, 0.2) is 0 Å². The Morgan fingerprint density at radius 3 is 0.828 bits per heavy atom. The Balaban J connectivity index is 3.22. The van der Waals surface area contributed by atoms with E-state index in [0.29, 0.717) is 7.92 Å². The average Bonchev–Trinajstić information content (AvgIpc) is 2.74. The number of hydrogen-bond donors (Lipinski definition) is 0. The van der Waals surface area contributed by atoms with Crippen molar-refractivity contribution in [2.75, 3.05) is 18.5 Å². The molecular formula is C28H59P. The maximum absolute atomic E-state index is 2.35. The third kappa shape index (κ3) is 24.6. The fourth-order valence-electron chi connectivity index (χ4n) is 4.34. The number of rotatable bonds is 25. The molecule has 1 heteroatoms. The molecule has 0 spiro atoms. The summed E-state index contributed by atoms with van der Waals surface area (Å²) >= 11 is 0. The van der Waals surface area contributed by atoms with Gasteiger partial charge in [0.1, 0.15) is 0 Å². The van der Waals surface area contributed by atoms with E-state index in [1.54, 1.807) is 18.5 Å². The third-order valence-electron chi connectivity index (χ3n) is 6.48. The molecule has 0 aliphatic heterocycles. The Labute approximate surface area is 188 Å². The second-order valence-electron chi connectivity index (χ2n) is 9.56. The highest BCUT2D eigenvalue weighted by Crippen LogP contribution is 2.38. The van der Waals surface area contributed by atoms with Crippen LogP contribution in [0.4, 0.5) is 0 Å². The van der Waals surface area contributed by atoms with Crippen LogP contribution >= 0.6 is 7.92 Å². The van der Waals surface area contributed by atoms with Crippen LogP contribution in [-0.2, 0) is 0 Å². The molecule has 0 heterocycles. The van der Waals surface area contributed by atoms with Gasteiger partial charge in [0.05, 0.1) is 0 Å². The van der Waals surface area contributed by atoms with Crippen LogP contribution in [0.1, 0.15) is 162 Å². The molecule has 0 amide bonds. The molecular weight excluding hydrogens is 367 g/mol. The van der Waals surface area contributed by atoms with Crippen LogP contribution in [0.2, 0.25) is 0 Å². The van der Waals surface area contributed by atoms with Gasteiger partial charge in [-0.1, -0.05) is 143 Å². The zero-order valence-corrected chi connectivity index (χ0v) is 22.0. The molecule has 29 heavy (non-hydrogen) atoms. The van der Waals surface area contributed by atoms with Gasteiger partial charge in [-0.25, -0.2) is 0 Å². The molecule has 0 unspecified atom stereocenters. The molecule has 0 N–H and O–H groups in total. The molecule has 0 fully saturated rings. The van der Waals surface area contributed by atoms with Crippen LogP contribution in [-0.4, -0.2) is 18.5 Å². The van der Waals surface area contributed by atoms with Gasteiger partial charge in [-0.15, -0.1) is 7.92 Å².